The zero-order valence-electron chi connectivity index (χ0n) is 14.3. The monoisotopic (exact) mass is 322 g/mol. The van der Waals surface area contributed by atoms with Crippen LogP contribution in [0.3, 0.4) is 0 Å². The molecule has 0 spiro atoms. The van der Waals surface area contributed by atoms with Crippen molar-refractivity contribution in [2.24, 2.45) is 0 Å². The van der Waals surface area contributed by atoms with Gasteiger partial charge in [-0.3, -0.25) is 0 Å². The fourth-order valence-electron chi connectivity index (χ4n) is 1.42. The van der Waals surface area contributed by atoms with Crippen LogP contribution in [0.4, 0.5) is 0 Å². The maximum Gasteiger partial charge on any atom is 0.240 e. The van der Waals surface area contributed by atoms with E-state index in [0.717, 1.165) is 11.3 Å². The lowest BCUT2D eigenvalue weighted by atomic mass is 10.2. The standard InChI is InChI=1S/C14H14O3S.2C2H6/c1-11-3-5-13(6-4-11)17-18(15)14-9-7-12(16-2)8-10-14;2*1-2/h3-10H,1-2H3;2*1-2H3. The summed E-state index contributed by atoms with van der Waals surface area (Å²) in [5.41, 5.74) is 1.14. The van der Waals surface area contributed by atoms with Gasteiger partial charge in [0.15, 0.2) is 0 Å². The van der Waals surface area contributed by atoms with Crippen LogP contribution in [-0.2, 0) is 11.1 Å². The summed E-state index contributed by atoms with van der Waals surface area (Å²) >= 11 is -1.51. The molecule has 0 aliphatic heterocycles. The topological polar surface area (TPSA) is 35.5 Å². The second kappa shape index (κ2) is 11.8. The average Bonchev–Trinajstić information content (AvgIpc) is 2.60. The quantitative estimate of drug-likeness (QED) is 0.780. The summed E-state index contributed by atoms with van der Waals surface area (Å²) in [7, 11) is 1.59. The van der Waals surface area contributed by atoms with Gasteiger partial charge in [0.05, 0.1) is 12.0 Å². The van der Waals surface area contributed by atoms with Crippen molar-refractivity contribution >= 4 is 11.1 Å². The number of aryl methyl sites for hydroxylation is 1. The summed E-state index contributed by atoms with van der Waals surface area (Å²) in [6, 6.07) is 14.4. The van der Waals surface area contributed by atoms with E-state index in [9.17, 15) is 4.21 Å². The summed E-state index contributed by atoms with van der Waals surface area (Å²) in [6.45, 7) is 9.99. The number of rotatable bonds is 4. The molecule has 0 aromatic heterocycles. The third-order valence-electron chi connectivity index (χ3n) is 2.44. The number of methoxy groups -OCH3 is 1. The molecule has 0 heterocycles. The average molecular weight is 322 g/mol. The Morgan fingerprint density at radius 3 is 1.68 bits per heavy atom. The molecule has 4 heteroatoms. The van der Waals surface area contributed by atoms with E-state index in [4.69, 9.17) is 8.92 Å². The number of hydrogen-bond donors (Lipinski definition) is 0. The first-order valence-corrected chi connectivity index (χ1v) is 8.57. The molecule has 0 amide bonds. The number of hydrogen-bond acceptors (Lipinski definition) is 3. The van der Waals surface area contributed by atoms with Gasteiger partial charge >= 0.3 is 0 Å². The molecule has 0 aliphatic rings. The fourth-order valence-corrected chi connectivity index (χ4v) is 2.16. The first-order valence-electron chi connectivity index (χ1n) is 7.50. The van der Waals surface area contributed by atoms with E-state index in [0.29, 0.717) is 10.6 Å². The molecule has 2 aromatic carbocycles. The minimum Gasteiger partial charge on any atom is -0.497 e. The van der Waals surface area contributed by atoms with Crippen LogP contribution in [0.2, 0.25) is 0 Å². The van der Waals surface area contributed by atoms with Crippen molar-refractivity contribution in [3.8, 4) is 11.5 Å². The van der Waals surface area contributed by atoms with Gasteiger partial charge in [-0.2, -0.15) is 0 Å². The first kappa shape index (κ1) is 20.2. The third kappa shape index (κ3) is 6.76. The van der Waals surface area contributed by atoms with Crippen LogP contribution in [-0.4, -0.2) is 11.3 Å². The molecule has 122 valence electrons. The second-order valence-electron chi connectivity index (χ2n) is 3.81. The molecular weight excluding hydrogens is 296 g/mol. The minimum atomic E-state index is -1.51. The fraction of sp³-hybridized carbons (Fsp3) is 0.333. The van der Waals surface area contributed by atoms with E-state index in [1.807, 2.05) is 46.8 Å². The van der Waals surface area contributed by atoms with Crippen LogP contribution in [0, 0.1) is 6.92 Å². The van der Waals surface area contributed by atoms with Gasteiger partial charge in [-0.1, -0.05) is 45.4 Å². The maximum absolute atomic E-state index is 11.9. The minimum absolute atomic E-state index is 0.592. The highest BCUT2D eigenvalue weighted by molar-refractivity contribution is 7.80. The molecule has 2 aromatic rings. The maximum atomic E-state index is 11.9. The molecule has 3 nitrogen and oxygen atoms in total. The van der Waals surface area contributed by atoms with Crippen molar-refractivity contribution in [3.05, 3.63) is 54.1 Å². The Bertz CT molecular complexity index is 533. The molecule has 0 saturated heterocycles. The van der Waals surface area contributed by atoms with Crippen LogP contribution in [0.15, 0.2) is 53.4 Å². The van der Waals surface area contributed by atoms with Crippen molar-refractivity contribution in [1.82, 2.24) is 0 Å². The Labute approximate surface area is 137 Å². The summed E-state index contributed by atoms with van der Waals surface area (Å²) in [5.74, 6) is 1.32. The predicted octanol–water partition coefficient (Wildman–Crippen LogP) is 5.16. The number of benzene rings is 2. The molecule has 0 saturated carbocycles. The lowest BCUT2D eigenvalue weighted by Gasteiger charge is -2.05. The van der Waals surface area contributed by atoms with Crippen LogP contribution >= 0.6 is 0 Å². The molecule has 2 rings (SSSR count). The van der Waals surface area contributed by atoms with E-state index in [1.54, 1.807) is 43.5 Å². The van der Waals surface area contributed by atoms with Crippen molar-refractivity contribution < 1.29 is 13.1 Å². The summed E-state index contributed by atoms with van der Waals surface area (Å²) in [4.78, 5) is 0.608. The van der Waals surface area contributed by atoms with Crippen molar-refractivity contribution in [2.75, 3.05) is 7.11 Å². The molecule has 0 aliphatic carbocycles. The molecule has 1 atom stereocenters. The molecule has 22 heavy (non-hydrogen) atoms. The second-order valence-corrected chi connectivity index (χ2v) is 4.91. The van der Waals surface area contributed by atoms with E-state index in [1.165, 1.54) is 0 Å². The van der Waals surface area contributed by atoms with Gasteiger partial charge in [-0.15, -0.1) is 0 Å². The van der Waals surface area contributed by atoms with Crippen molar-refractivity contribution in [3.63, 3.8) is 0 Å². The van der Waals surface area contributed by atoms with Crippen LogP contribution in [0.1, 0.15) is 33.3 Å². The summed E-state index contributed by atoms with van der Waals surface area (Å²) < 4.78 is 22.3. The Kier molecular flexibility index (Phi) is 10.8. The largest absolute Gasteiger partial charge is 0.497 e. The lowest BCUT2D eigenvalue weighted by Crippen LogP contribution is -2.00. The van der Waals surface area contributed by atoms with Gasteiger partial charge in [0, 0.05) is 0 Å². The van der Waals surface area contributed by atoms with Gasteiger partial charge in [0.1, 0.15) is 11.5 Å². The molecule has 0 fully saturated rings. The van der Waals surface area contributed by atoms with Gasteiger partial charge < -0.3 is 8.92 Å². The highest BCUT2D eigenvalue weighted by atomic mass is 32.2. The molecule has 0 N–H and O–H groups in total. The molecule has 0 bridgehead atoms. The van der Waals surface area contributed by atoms with Gasteiger partial charge in [-0.05, 0) is 43.3 Å². The SMILES string of the molecule is CC.CC.COc1ccc(S(=O)Oc2ccc(C)cc2)cc1. The van der Waals surface area contributed by atoms with E-state index in [-0.39, 0.29) is 0 Å². The van der Waals surface area contributed by atoms with Gasteiger partial charge in [0.2, 0.25) is 11.1 Å². The molecular formula is C18H26O3S. The summed E-state index contributed by atoms with van der Waals surface area (Å²) in [6.07, 6.45) is 0. The first-order chi connectivity index (χ1) is 10.7. The molecule has 0 radical (unpaired) electrons. The Morgan fingerprint density at radius 2 is 1.23 bits per heavy atom. The zero-order valence-corrected chi connectivity index (χ0v) is 15.1. The molecule has 1 unspecified atom stereocenters. The summed E-state index contributed by atoms with van der Waals surface area (Å²) in [5, 5.41) is 0. The third-order valence-corrected chi connectivity index (χ3v) is 3.45. The Morgan fingerprint density at radius 1 is 0.773 bits per heavy atom. The van der Waals surface area contributed by atoms with E-state index >= 15 is 0 Å². The van der Waals surface area contributed by atoms with Crippen LogP contribution < -0.4 is 8.92 Å². The normalized spacial score (nSPS) is 10.3. The Hall–Kier alpha value is -1.81. The zero-order chi connectivity index (χ0) is 17.0. The van der Waals surface area contributed by atoms with Gasteiger partial charge in [0.25, 0.3) is 0 Å². The smallest absolute Gasteiger partial charge is 0.240 e. The van der Waals surface area contributed by atoms with Crippen molar-refractivity contribution in [2.45, 2.75) is 39.5 Å². The number of ether oxygens (including phenoxy) is 1. The van der Waals surface area contributed by atoms with Crippen molar-refractivity contribution in [1.29, 1.82) is 0 Å². The van der Waals surface area contributed by atoms with Crippen LogP contribution in [0.5, 0.6) is 11.5 Å². The highest BCUT2D eigenvalue weighted by Crippen LogP contribution is 2.18. The predicted molar refractivity (Wildman–Crippen MR) is 93.9 cm³/mol. The lowest BCUT2D eigenvalue weighted by molar-refractivity contribution is 0.414. The highest BCUT2D eigenvalue weighted by Gasteiger charge is 2.06. The van der Waals surface area contributed by atoms with E-state index < -0.39 is 11.1 Å². The Balaban J connectivity index is 0.00000102. The van der Waals surface area contributed by atoms with Gasteiger partial charge in [-0.25, -0.2) is 4.21 Å². The van der Waals surface area contributed by atoms with E-state index in [2.05, 4.69) is 0 Å². The van der Waals surface area contributed by atoms with Crippen LogP contribution in [0.25, 0.3) is 0 Å².